The molecule has 3 aromatic carbocycles. The number of piperazine rings is 1. The third-order valence-corrected chi connectivity index (χ3v) is 7.63. The molecule has 1 saturated heterocycles. The zero-order valence-electron chi connectivity index (χ0n) is 24.2. The van der Waals surface area contributed by atoms with Crippen LogP contribution in [-0.2, 0) is 17.6 Å². The number of carbonyl (C=O) groups excluding carboxylic acids is 1. The molecule has 0 atom stereocenters. The third kappa shape index (κ3) is 6.66. The van der Waals surface area contributed by atoms with Gasteiger partial charge in [-0.3, -0.25) is 9.69 Å². The number of amides is 1. The van der Waals surface area contributed by atoms with Gasteiger partial charge in [0.1, 0.15) is 23.6 Å². The molecule has 1 aromatic heterocycles. The lowest BCUT2D eigenvalue weighted by Gasteiger charge is -2.34. The number of nitrogens with zero attached hydrogens (tertiary/aromatic N) is 5. The third-order valence-electron chi connectivity index (χ3n) is 7.63. The Morgan fingerprint density at radius 1 is 0.878 bits per heavy atom. The van der Waals surface area contributed by atoms with E-state index in [2.05, 4.69) is 38.9 Å². The van der Waals surface area contributed by atoms with Crippen LogP contribution < -0.4 is 19.3 Å². The molecule has 0 bridgehead atoms. The van der Waals surface area contributed by atoms with E-state index in [0.29, 0.717) is 12.2 Å². The SMILES string of the molecule is COc1ccc(Cc2cc(N(C(=O)Cc3ccccc3C)c3ccc(N4CCN(C)CC4)cc3)ncn2)c(OC)c1. The minimum Gasteiger partial charge on any atom is -0.497 e. The van der Waals surface area contributed by atoms with Gasteiger partial charge in [-0.25, -0.2) is 9.97 Å². The fourth-order valence-corrected chi connectivity index (χ4v) is 5.13. The molecule has 0 radical (unpaired) electrons. The van der Waals surface area contributed by atoms with E-state index in [9.17, 15) is 4.79 Å². The van der Waals surface area contributed by atoms with Crippen LogP contribution in [0.4, 0.5) is 17.2 Å². The standard InChI is InChI=1S/C33H37N5O3/c1-24-7-5-6-8-25(24)20-33(39)38(29-12-10-28(11-13-29)37-17-15-36(2)16-18-37)32-21-27(34-23-35-32)19-26-9-14-30(40-3)22-31(26)41-4/h5-14,21-23H,15-20H2,1-4H3. The minimum atomic E-state index is -0.0571. The largest absolute Gasteiger partial charge is 0.497 e. The molecular formula is C33H37N5O3. The number of aromatic nitrogens is 2. The van der Waals surface area contributed by atoms with E-state index in [1.165, 1.54) is 6.33 Å². The number of hydrogen-bond donors (Lipinski definition) is 0. The highest BCUT2D eigenvalue weighted by Gasteiger charge is 2.22. The number of carbonyl (C=O) groups is 1. The van der Waals surface area contributed by atoms with Crippen LogP contribution in [-0.4, -0.2) is 68.2 Å². The van der Waals surface area contributed by atoms with Crippen LogP contribution in [0, 0.1) is 6.92 Å². The van der Waals surface area contributed by atoms with E-state index in [1.807, 2.05) is 67.6 Å². The smallest absolute Gasteiger partial charge is 0.237 e. The first-order chi connectivity index (χ1) is 19.9. The lowest BCUT2D eigenvalue weighted by atomic mass is 10.0. The van der Waals surface area contributed by atoms with Crippen molar-refractivity contribution in [2.75, 3.05) is 57.2 Å². The second-order valence-electron chi connectivity index (χ2n) is 10.4. The van der Waals surface area contributed by atoms with Crippen molar-refractivity contribution in [3.63, 3.8) is 0 Å². The van der Waals surface area contributed by atoms with E-state index in [1.54, 1.807) is 19.1 Å². The van der Waals surface area contributed by atoms with E-state index in [0.717, 1.165) is 71.4 Å². The van der Waals surface area contributed by atoms with Crippen LogP contribution in [0.5, 0.6) is 11.5 Å². The van der Waals surface area contributed by atoms with Crippen LogP contribution in [0.2, 0.25) is 0 Å². The van der Waals surface area contributed by atoms with Gasteiger partial charge >= 0.3 is 0 Å². The predicted octanol–water partition coefficient (Wildman–Crippen LogP) is 5.05. The number of hydrogen-bond acceptors (Lipinski definition) is 7. The molecule has 0 N–H and O–H groups in total. The summed E-state index contributed by atoms with van der Waals surface area (Å²) in [4.78, 5) is 29.5. The Balaban J connectivity index is 1.46. The van der Waals surface area contributed by atoms with Gasteiger partial charge in [0.15, 0.2) is 0 Å². The summed E-state index contributed by atoms with van der Waals surface area (Å²) in [6, 6.07) is 23.8. The van der Waals surface area contributed by atoms with E-state index in [-0.39, 0.29) is 12.3 Å². The average Bonchev–Trinajstić information content (AvgIpc) is 3.00. The normalized spacial score (nSPS) is 13.6. The number of anilines is 3. The predicted molar refractivity (Wildman–Crippen MR) is 163 cm³/mol. The molecule has 0 saturated carbocycles. The van der Waals surface area contributed by atoms with Crippen molar-refractivity contribution in [2.45, 2.75) is 19.8 Å². The first-order valence-electron chi connectivity index (χ1n) is 13.9. The second kappa shape index (κ2) is 12.8. The van der Waals surface area contributed by atoms with Crippen LogP contribution in [0.3, 0.4) is 0 Å². The van der Waals surface area contributed by atoms with Gasteiger partial charge in [-0.05, 0) is 55.4 Å². The quantitative estimate of drug-likeness (QED) is 0.288. The lowest BCUT2D eigenvalue weighted by molar-refractivity contribution is -0.117. The number of aryl methyl sites for hydroxylation is 1. The summed E-state index contributed by atoms with van der Waals surface area (Å²) < 4.78 is 10.9. The Morgan fingerprint density at radius 3 is 2.34 bits per heavy atom. The van der Waals surface area contributed by atoms with Crippen molar-refractivity contribution in [1.82, 2.24) is 14.9 Å². The number of likely N-dealkylation sites (N-methyl/N-ethyl adjacent to an activating group) is 1. The summed E-state index contributed by atoms with van der Waals surface area (Å²) in [6.07, 6.45) is 2.30. The fourth-order valence-electron chi connectivity index (χ4n) is 5.13. The Labute approximate surface area is 242 Å². The number of benzene rings is 3. The zero-order valence-corrected chi connectivity index (χ0v) is 24.2. The number of rotatable bonds is 9. The van der Waals surface area contributed by atoms with Gasteiger partial charge < -0.3 is 19.3 Å². The van der Waals surface area contributed by atoms with Crippen molar-refractivity contribution in [3.8, 4) is 11.5 Å². The minimum absolute atomic E-state index is 0.0571. The summed E-state index contributed by atoms with van der Waals surface area (Å²) in [5.41, 5.74) is 5.75. The molecule has 8 heteroatoms. The molecule has 8 nitrogen and oxygen atoms in total. The van der Waals surface area contributed by atoms with Crippen molar-refractivity contribution >= 4 is 23.1 Å². The maximum Gasteiger partial charge on any atom is 0.237 e. The van der Waals surface area contributed by atoms with Crippen molar-refractivity contribution in [1.29, 1.82) is 0 Å². The van der Waals surface area contributed by atoms with Crippen molar-refractivity contribution < 1.29 is 14.3 Å². The highest BCUT2D eigenvalue weighted by molar-refractivity contribution is 6.01. The van der Waals surface area contributed by atoms with Crippen molar-refractivity contribution in [3.05, 3.63) is 102 Å². The van der Waals surface area contributed by atoms with E-state index >= 15 is 0 Å². The fraction of sp³-hybridized carbons (Fsp3) is 0.303. The first kappa shape index (κ1) is 28.1. The van der Waals surface area contributed by atoms with Gasteiger partial charge in [-0.15, -0.1) is 0 Å². The molecule has 4 aromatic rings. The molecule has 0 aliphatic carbocycles. The average molecular weight is 552 g/mol. The molecule has 1 amide bonds. The van der Waals surface area contributed by atoms with Gasteiger partial charge in [0.25, 0.3) is 0 Å². The van der Waals surface area contributed by atoms with Gasteiger partial charge in [-0.2, -0.15) is 0 Å². The molecule has 0 spiro atoms. The highest BCUT2D eigenvalue weighted by atomic mass is 16.5. The van der Waals surface area contributed by atoms with Gasteiger partial charge in [0.05, 0.1) is 32.0 Å². The summed E-state index contributed by atoms with van der Waals surface area (Å²) in [7, 11) is 5.42. The Kier molecular flexibility index (Phi) is 8.79. The van der Waals surface area contributed by atoms with Gasteiger partial charge in [-0.1, -0.05) is 30.3 Å². The second-order valence-corrected chi connectivity index (χ2v) is 10.4. The lowest BCUT2D eigenvalue weighted by Crippen LogP contribution is -2.44. The van der Waals surface area contributed by atoms with Crippen LogP contribution in [0.25, 0.3) is 0 Å². The maximum atomic E-state index is 13.9. The summed E-state index contributed by atoms with van der Waals surface area (Å²) >= 11 is 0. The molecule has 1 aliphatic heterocycles. The molecule has 2 heterocycles. The number of ether oxygens (including phenoxy) is 2. The topological polar surface area (TPSA) is 71.0 Å². The molecule has 0 unspecified atom stereocenters. The molecule has 1 aliphatic rings. The van der Waals surface area contributed by atoms with Crippen LogP contribution in [0.15, 0.2) is 79.1 Å². The maximum absolute atomic E-state index is 13.9. The Morgan fingerprint density at radius 2 is 1.63 bits per heavy atom. The molecule has 1 fully saturated rings. The molecule has 212 valence electrons. The molecule has 41 heavy (non-hydrogen) atoms. The monoisotopic (exact) mass is 551 g/mol. The highest BCUT2D eigenvalue weighted by Crippen LogP contribution is 2.30. The first-order valence-corrected chi connectivity index (χ1v) is 13.9. The molecule has 5 rings (SSSR count). The van der Waals surface area contributed by atoms with Crippen molar-refractivity contribution in [2.24, 2.45) is 0 Å². The van der Waals surface area contributed by atoms with Crippen LogP contribution >= 0.6 is 0 Å². The van der Waals surface area contributed by atoms with Gasteiger partial charge in [0.2, 0.25) is 5.91 Å². The Bertz CT molecular complexity index is 1480. The number of methoxy groups -OCH3 is 2. The summed E-state index contributed by atoms with van der Waals surface area (Å²) in [5.74, 6) is 1.92. The summed E-state index contributed by atoms with van der Waals surface area (Å²) in [6.45, 7) is 6.06. The van der Waals surface area contributed by atoms with E-state index < -0.39 is 0 Å². The van der Waals surface area contributed by atoms with Gasteiger partial charge in [0, 0.05) is 56.0 Å². The van der Waals surface area contributed by atoms with E-state index in [4.69, 9.17) is 9.47 Å². The zero-order chi connectivity index (χ0) is 28.8. The summed E-state index contributed by atoms with van der Waals surface area (Å²) in [5, 5.41) is 0. The van der Waals surface area contributed by atoms with Crippen LogP contribution in [0.1, 0.15) is 22.4 Å². The Hall–Kier alpha value is -4.43. The molecular weight excluding hydrogens is 514 g/mol.